The number of allylic oxidation sites excluding steroid dienone is 1. The third-order valence-electron chi connectivity index (χ3n) is 8.70. The van der Waals surface area contributed by atoms with E-state index < -0.39 is 50.8 Å². The zero-order valence-corrected chi connectivity index (χ0v) is 30.3. The second-order valence-corrected chi connectivity index (χ2v) is 16.2. The summed E-state index contributed by atoms with van der Waals surface area (Å²) in [6, 6.07) is 32.2. The van der Waals surface area contributed by atoms with Crippen molar-refractivity contribution < 1.29 is 37.0 Å². The first-order valence-corrected chi connectivity index (χ1v) is 19.6. The smallest absolute Gasteiger partial charge is 0.357 e. The van der Waals surface area contributed by atoms with Gasteiger partial charge in [0, 0.05) is 29.6 Å². The Hall–Kier alpha value is -5.11. The van der Waals surface area contributed by atoms with Crippen LogP contribution in [-0.4, -0.2) is 80.3 Å². The topological polar surface area (TPSA) is 132 Å². The number of carbonyl (C=O) groups is 3. The second-order valence-electron chi connectivity index (χ2n) is 12.2. The highest BCUT2D eigenvalue weighted by Crippen LogP contribution is 2.41. The number of carbonyl (C=O) groups excluding carboxylic acids is 3. The molecule has 0 aromatic heterocycles. The minimum absolute atomic E-state index is 0.0195. The highest BCUT2D eigenvalue weighted by molar-refractivity contribution is 8.72. The highest BCUT2D eigenvalue weighted by Gasteiger charge is 2.55. The van der Waals surface area contributed by atoms with Crippen LogP contribution in [0.5, 0.6) is 5.75 Å². The van der Waals surface area contributed by atoms with Gasteiger partial charge in [-0.2, -0.15) is 0 Å². The Labute approximate surface area is 306 Å². The largest absolute Gasteiger partial charge is 0.484 e. The molecule has 2 aliphatic rings. The van der Waals surface area contributed by atoms with Crippen LogP contribution in [0.15, 0.2) is 132 Å². The number of hydrogen-bond donors (Lipinski definition) is 1. The molecular weight excluding hydrogens is 703 g/mol. The summed E-state index contributed by atoms with van der Waals surface area (Å²) in [6.07, 6.45) is -0.841. The van der Waals surface area contributed by atoms with E-state index in [-0.39, 0.29) is 10.6 Å². The van der Waals surface area contributed by atoms with Crippen LogP contribution in [0.2, 0.25) is 0 Å². The van der Waals surface area contributed by atoms with Gasteiger partial charge in [0.05, 0.1) is 18.1 Å². The van der Waals surface area contributed by atoms with E-state index in [0.29, 0.717) is 59.7 Å². The number of morpholine rings is 1. The Morgan fingerprint density at radius 3 is 2.00 bits per heavy atom. The van der Waals surface area contributed by atoms with Crippen LogP contribution in [0.4, 0.5) is 0 Å². The summed E-state index contributed by atoms with van der Waals surface area (Å²) in [4.78, 5) is 45.0. The van der Waals surface area contributed by atoms with Crippen molar-refractivity contribution in [2.75, 3.05) is 32.9 Å². The van der Waals surface area contributed by atoms with E-state index in [9.17, 15) is 22.8 Å². The number of nitrogens with zero attached hydrogens (tertiary/aromatic N) is 2. The van der Waals surface area contributed by atoms with E-state index in [1.165, 1.54) is 12.1 Å². The summed E-state index contributed by atoms with van der Waals surface area (Å²) in [5.74, 6) is -1.68. The minimum Gasteiger partial charge on any atom is -0.484 e. The molecule has 4 aromatic carbocycles. The van der Waals surface area contributed by atoms with Gasteiger partial charge >= 0.3 is 5.97 Å². The summed E-state index contributed by atoms with van der Waals surface area (Å²) >= 11 is 0. The summed E-state index contributed by atoms with van der Waals surface area (Å²) in [6.45, 7) is 4.78. The van der Waals surface area contributed by atoms with Crippen molar-refractivity contribution in [2.45, 2.75) is 36.3 Å². The molecule has 13 heteroatoms. The van der Waals surface area contributed by atoms with Gasteiger partial charge in [-0.15, -0.1) is 0 Å². The van der Waals surface area contributed by atoms with Crippen LogP contribution in [0, 0.1) is 6.92 Å². The molecule has 2 unspecified atom stereocenters. The lowest BCUT2D eigenvalue weighted by Gasteiger charge is -2.47. The van der Waals surface area contributed by atoms with Gasteiger partial charge in [-0.3, -0.25) is 14.5 Å². The molecule has 0 spiro atoms. The molecular formula is C39H39N3O8S2. The van der Waals surface area contributed by atoms with Gasteiger partial charge in [0.2, 0.25) is 8.87 Å². The van der Waals surface area contributed by atoms with Crippen LogP contribution >= 0.6 is 10.8 Å². The molecule has 52 heavy (non-hydrogen) atoms. The van der Waals surface area contributed by atoms with Crippen LogP contribution in [0.1, 0.15) is 29.7 Å². The van der Waals surface area contributed by atoms with E-state index in [0.717, 1.165) is 10.5 Å². The fourth-order valence-corrected chi connectivity index (χ4v) is 9.39. The van der Waals surface area contributed by atoms with Crippen molar-refractivity contribution in [3.63, 3.8) is 0 Å². The molecule has 2 aliphatic heterocycles. The number of likely N-dealkylation sites (tertiary alicyclic amines) is 1. The van der Waals surface area contributed by atoms with Crippen molar-refractivity contribution in [2.24, 2.45) is 0 Å². The number of rotatable bonds is 13. The molecule has 0 aliphatic carbocycles. The van der Waals surface area contributed by atoms with Crippen molar-refractivity contribution >= 4 is 37.4 Å². The molecule has 2 heterocycles. The Morgan fingerprint density at radius 2 is 1.42 bits per heavy atom. The molecule has 2 atom stereocenters. The van der Waals surface area contributed by atoms with Gasteiger partial charge in [-0.1, -0.05) is 96.6 Å². The van der Waals surface area contributed by atoms with Gasteiger partial charge in [0.25, 0.3) is 11.8 Å². The zero-order chi connectivity index (χ0) is 36.7. The fraction of sp³-hybridized carbons (Fsp3) is 0.256. The Balaban J connectivity index is 1.36. The van der Waals surface area contributed by atoms with E-state index in [4.69, 9.17) is 14.2 Å². The second kappa shape index (κ2) is 16.5. The van der Waals surface area contributed by atoms with E-state index in [2.05, 4.69) is 5.32 Å². The van der Waals surface area contributed by atoms with Gasteiger partial charge in [-0.05, 0) is 49.2 Å². The quantitative estimate of drug-likeness (QED) is 0.0861. The lowest BCUT2D eigenvalue weighted by molar-refractivity contribution is -0.155. The number of β-lactam (4-membered cyclic amide) rings is 1. The van der Waals surface area contributed by atoms with Crippen LogP contribution < -0.4 is 10.1 Å². The number of amides is 2. The summed E-state index contributed by atoms with van der Waals surface area (Å²) in [5.41, 5.74) is 2.57. The molecule has 2 saturated heterocycles. The highest BCUT2D eigenvalue weighted by atomic mass is 33.1. The van der Waals surface area contributed by atoms with Crippen molar-refractivity contribution in [1.82, 2.24) is 15.1 Å². The third-order valence-corrected chi connectivity index (χ3v) is 12.4. The van der Waals surface area contributed by atoms with E-state index in [1.54, 1.807) is 43.3 Å². The first-order chi connectivity index (χ1) is 25.1. The molecule has 270 valence electrons. The Bertz CT molecular complexity index is 1970. The number of benzene rings is 4. The molecule has 0 saturated carbocycles. The number of esters is 1. The molecule has 1 N–H and O–H groups in total. The standard InChI is InChI=1S/C39H39N3O8S2/c1-27-18-20-32(21-19-27)52(46,47)51-38-34(40-33(43)26-49-31-16-10-5-11-17-31)37(44)42(38)35(28(2)41-22-24-48-25-23-41)39(45)50-36(29-12-6-3-7-13-29)30-14-8-4-9-15-30/h3-21,34,36,38H,22-26H2,1-2H3,(H,40,43)/b35-28+. The van der Waals surface area contributed by atoms with Crippen molar-refractivity contribution in [3.05, 3.63) is 143 Å². The predicted molar refractivity (Wildman–Crippen MR) is 196 cm³/mol. The number of para-hydroxylation sites is 1. The lowest BCUT2D eigenvalue weighted by atomic mass is 10.0. The summed E-state index contributed by atoms with van der Waals surface area (Å²) < 4.78 is 45.2. The summed E-state index contributed by atoms with van der Waals surface area (Å²) in [5, 5.41) is 1.42. The lowest BCUT2D eigenvalue weighted by Crippen LogP contribution is -2.70. The average Bonchev–Trinajstić information content (AvgIpc) is 3.18. The molecule has 0 radical (unpaired) electrons. The maximum atomic E-state index is 14.6. The van der Waals surface area contributed by atoms with E-state index >= 15 is 0 Å². The number of hydrogen-bond acceptors (Lipinski definition) is 10. The van der Waals surface area contributed by atoms with Crippen LogP contribution in [-0.2, 0) is 32.7 Å². The fourth-order valence-electron chi connectivity index (χ4n) is 5.92. The minimum atomic E-state index is -4.10. The molecule has 6 rings (SSSR count). The Morgan fingerprint density at radius 1 is 0.865 bits per heavy atom. The first kappa shape index (κ1) is 36.7. The van der Waals surface area contributed by atoms with Crippen molar-refractivity contribution in [3.8, 4) is 5.75 Å². The molecule has 2 fully saturated rings. The average molecular weight is 742 g/mol. The maximum absolute atomic E-state index is 14.6. The zero-order valence-electron chi connectivity index (χ0n) is 28.7. The first-order valence-electron chi connectivity index (χ1n) is 16.8. The SMILES string of the molecule is C/C(=C(/C(=O)OC(c1ccccc1)c1ccccc1)N1C(=O)C(NC(=O)COc2ccccc2)C1SS(=O)(=O)c1ccc(C)cc1)N1CCOCC1. The maximum Gasteiger partial charge on any atom is 0.357 e. The molecule has 4 aromatic rings. The predicted octanol–water partition coefficient (Wildman–Crippen LogP) is 5.05. The van der Waals surface area contributed by atoms with Gasteiger partial charge in [-0.25, -0.2) is 13.2 Å². The van der Waals surface area contributed by atoms with Gasteiger partial charge < -0.3 is 24.4 Å². The van der Waals surface area contributed by atoms with Crippen LogP contribution in [0.25, 0.3) is 0 Å². The number of ether oxygens (including phenoxy) is 3. The van der Waals surface area contributed by atoms with Crippen LogP contribution in [0.3, 0.4) is 0 Å². The third kappa shape index (κ3) is 8.50. The molecule has 11 nitrogen and oxygen atoms in total. The number of nitrogens with one attached hydrogen (secondary N) is 1. The normalized spacial score (nSPS) is 17.9. The van der Waals surface area contributed by atoms with Crippen molar-refractivity contribution in [1.29, 1.82) is 0 Å². The Kier molecular flexibility index (Phi) is 11.6. The monoisotopic (exact) mass is 741 g/mol. The van der Waals surface area contributed by atoms with E-state index in [1.807, 2.05) is 78.6 Å². The van der Waals surface area contributed by atoms with Gasteiger partial charge in [0.15, 0.2) is 12.7 Å². The summed E-state index contributed by atoms with van der Waals surface area (Å²) in [7, 11) is -3.62. The molecule has 0 bridgehead atoms. The van der Waals surface area contributed by atoms with Gasteiger partial charge in [0.1, 0.15) is 22.9 Å². The number of aryl methyl sites for hydroxylation is 1. The molecule has 2 amide bonds.